The molecule has 0 aliphatic carbocycles. The molecule has 1 saturated heterocycles. The average Bonchev–Trinajstić information content (AvgIpc) is 3.04. The van der Waals surface area contributed by atoms with E-state index in [4.69, 9.17) is 5.73 Å². The Morgan fingerprint density at radius 2 is 1.96 bits per heavy atom. The molecule has 2 aromatic carbocycles. The molecule has 1 amide bonds. The second-order valence-electron chi connectivity index (χ2n) is 6.09. The van der Waals surface area contributed by atoms with Crippen LogP contribution in [0.4, 0.5) is 5.69 Å². The summed E-state index contributed by atoms with van der Waals surface area (Å²) in [6.07, 6.45) is 0.789. The zero-order chi connectivity index (χ0) is 17.3. The number of nitrogens with zero attached hydrogens (tertiary/aromatic N) is 1. The van der Waals surface area contributed by atoms with Crippen molar-refractivity contribution in [3.63, 3.8) is 0 Å². The third kappa shape index (κ3) is 3.02. The smallest absolute Gasteiger partial charge is 0.243 e. The van der Waals surface area contributed by atoms with Gasteiger partial charge < -0.3 is 11.1 Å². The fourth-order valence-corrected chi connectivity index (χ4v) is 4.87. The number of anilines is 1. The molecular formula is C17H21N3O3S. The highest BCUT2D eigenvalue weighted by molar-refractivity contribution is 7.89. The Morgan fingerprint density at radius 1 is 1.25 bits per heavy atom. The van der Waals surface area contributed by atoms with E-state index >= 15 is 0 Å². The summed E-state index contributed by atoms with van der Waals surface area (Å²) >= 11 is 0. The van der Waals surface area contributed by atoms with Crippen molar-refractivity contribution in [3.05, 3.63) is 36.4 Å². The standard InChI is InChI=1S/C17H21N3O3S/c1-12(21)19-16-6-7-17(15-5-3-2-4-14(15)16)24(22,23)20-9-8-13(10-18)11-20/h2-7,13H,8-11,18H2,1H3,(H,19,21). The van der Waals surface area contributed by atoms with Crippen LogP contribution in [0.15, 0.2) is 41.3 Å². The van der Waals surface area contributed by atoms with Crippen molar-refractivity contribution in [2.24, 2.45) is 11.7 Å². The van der Waals surface area contributed by atoms with Crippen LogP contribution in [0.3, 0.4) is 0 Å². The van der Waals surface area contributed by atoms with E-state index in [1.807, 2.05) is 12.1 Å². The number of nitrogens with two attached hydrogens (primary N) is 1. The molecule has 1 unspecified atom stereocenters. The maximum Gasteiger partial charge on any atom is 0.243 e. The SMILES string of the molecule is CC(=O)Nc1ccc(S(=O)(=O)N2CCC(CN)C2)c2ccccc12. The summed E-state index contributed by atoms with van der Waals surface area (Å²) in [5.74, 6) is 0.0192. The molecule has 0 saturated carbocycles. The Hall–Kier alpha value is -1.96. The molecule has 0 bridgehead atoms. The summed E-state index contributed by atoms with van der Waals surface area (Å²) in [6, 6.07) is 10.4. The van der Waals surface area contributed by atoms with Crippen molar-refractivity contribution in [1.29, 1.82) is 0 Å². The number of hydrogen-bond acceptors (Lipinski definition) is 4. The molecule has 0 aromatic heterocycles. The first-order valence-electron chi connectivity index (χ1n) is 7.93. The molecular weight excluding hydrogens is 326 g/mol. The predicted octanol–water partition coefficient (Wildman–Crippen LogP) is 1.77. The monoisotopic (exact) mass is 347 g/mol. The van der Waals surface area contributed by atoms with E-state index in [0.29, 0.717) is 36.1 Å². The Labute approximate surface area is 141 Å². The lowest BCUT2D eigenvalue weighted by molar-refractivity contribution is -0.114. The van der Waals surface area contributed by atoms with E-state index in [1.54, 1.807) is 24.3 Å². The highest BCUT2D eigenvalue weighted by atomic mass is 32.2. The lowest BCUT2D eigenvalue weighted by Crippen LogP contribution is -2.30. The molecule has 3 rings (SSSR count). The second kappa shape index (κ2) is 6.51. The number of carbonyl (C=O) groups excluding carboxylic acids is 1. The van der Waals surface area contributed by atoms with Gasteiger partial charge in [0.1, 0.15) is 0 Å². The minimum atomic E-state index is -3.59. The van der Waals surface area contributed by atoms with Crippen LogP contribution in [-0.2, 0) is 14.8 Å². The third-order valence-electron chi connectivity index (χ3n) is 4.39. The number of rotatable bonds is 4. The number of hydrogen-bond donors (Lipinski definition) is 2. The fourth-order valence-electron chi connectivity index (χ4n) is 3.14. The van der Waals surface area contributed by atoms with Crippen LogP contribution in [0.25, 0.3) is 10.8 Å². The normalized spacial score (nSPS) is 18.8. The minimum absolute atomic E-state index is 0.193. The van der Waals surface area contributed by atoms with E-state index in [2.05, 4.69) is 5.32 Å². The minimum Gasteiger partial charge on any atom is -0.330 e. The summed E-state index contributed by atoms with van der Waals surface area (Å²) < 4.78 is 27.6. The van der Waals surface area contributed by atoms with Gasteiger partial charge >= 0.3 is 0 Å². The van der Waals surface area contributed by atoms with Crippen molar-refractivity contribution in [1.82, 2.24) is 4.31 Å². The molecule has 0 spiro atoms. The molecule has 1 heterocycles. The summed E-state index contributed by atoms with van der Waals surface area (Å²) in [4.78, 5) is 11.6. The summed E-state index contributed by atoms with van der Waals surface area (Å²) in [5, 5.41) is 4.07. The fraction of sp³-hybridized carbons (Fsp3) is 0.353. The molecule has 6 nitrogen and oxygen atoms in total. The van der Waals surface area contributed by atoms with Gasteiger partial charge in [0.15, 0.2) is 0 Å². The van der Waals surface area contributed by atoms with Gasteiger partial charge in [0.05, 0.1) is 4.90 Å². The highest BCUT2D eigenvalue weighted by Gasteiger charge is 2.33. The molecule has 24 heavy (non-hydrogen) atoms. The highest BCUT2D eigenvalue weighted by Crippen LogP contribution is 2.32. The molecule has 1 atom stereocenters. The Balaban J connectivity index is 2.09. The second-order valence-corrected chi connectivity index (χ2v) is 8.00. The summed E-state index contributed by atoms with van der Waals surface area (Å²) in [5.41, 5.74) is 6.28. The van der Waals surface area contributed by atoms with Crippen LogP contribution in [0, 0.1) is 5.92 Å². The van der Waals surface area contributed by atoms with Crippen LogP contribution < -0.4 is 11.1 Å². The van der Waals surface area contributed by atoms with Gasteiger partial charge in [0.25, 0.3) is 0 Å². The van der Waals surface area contributed by atoms with Gasteiger partial charge in [-0.25, -0.2) is 8.42 Å². The van der Waals surface area contributed by atoms with E-state index in [9.17, 15) is 13.2 Å². The Kier molecular flexibility index (Phi) is 4.58. The zero-order valence-corrected chi connectivity index (χ0v) is 14.3. The van der Waals surface area contributed by atoms with E-state index < -0.39 is 10.0 Å². The van der Waals surface area contributed by atoms with Crippen LogP contribution in [0.1, 0.15) is 13.3 Å². The Bertz CT molecular complexity index is 880. The van der Waals surface area contributed by atoms with E-state index in [-0.39, 0.29) is 16.7 Å². The van der Waals surface area contributed by atoms with Gasteiger partial charge in [0.2, 0.25) is 15.9 Å². The zero-order valence-electron chi connectivity index (χ0n) is 13.5. The van der Waals surface area contributed by atoms with Gasteiger partial charge in [-0.2, -0.15) is 4.31 Å². The number of carbonyl (C=O) groups is 1. The first-order valence-corrected chi connectivity index (χ1v) is 9.37. The number of sulfonamides is 1. The lowest BCUT2D eigenvalue weighted by atomic mass is 10.1. The van der Waals surface area contributed by atoms with Crippen LogP contribution in [-0.4, -0.2) is 38.3 Å². The van der Waals surface area contributed by atoms with Crippen molar-refractivity contribution in [2.45, 2.75) is 18.2 Å². The van der Waals surface area contributed by atoms with E-state index in [1.165, 1.54) is 11.2 Å². The third-order valence-corrected chi connectivity index (χ3v) is 6.32. The molecule has 0 radical (unpaired) electrons. The first kappa shape index (κ1) is 16.9. The van der Waals surface area contributed by atoms with Gasteiger partial charge in [-0.1, -0.05) is 24.3 Å². The largest absolute Gasteiger partial charge is 0.330 e. The summed E-state index contributed by atoms with van der Waals surface area (Å²) in [7, 11) is -3.59. The molecule has 3 N–H and O–H groups in total. The lowest BCUT2D eigenvalue weighted by Gasteiger charge is -2.19. The first-order chi connectivity index (χ1) is 11.4. The predicted molar refractivity (Wildman–Crippen MR) is 94.2 cm³/mol. The number of amides is 1. The maximum absolute atomic E-state index is 13.0. The van der Waals surface area contributed by atoms with Crippen molar-refractivity contribution >= 4 is 32.4 Å². The molecule has 2 aromatic rings. The molecule has 1 aliphatic rings. The topological polar surface area (TPSA) is 92.5 Å². The van der Waals surface area contributed by atoms with E-state index in [0.717, 1.165) is 6.42 Å². The number of fused-ring (bicyclic) bond motifs is 1. The number of benzene rings is 2. The quantitative estimate of drug-likeness (QED) is 0.881. The number of nitrogens with one attached hydrogen (secondary N) is 1. The average molecular weight is 347 g/mol. The Morgan fingerprint density at radius 3 is 2.58 bits per heavy atom. The van der Waals surface area contributed by atoms with Crippen LogP contribution in [0.5, 0.6) is 0 Å². The van der Waals surface area contributed by atoms with Crippen LogP contribution in [0.2, 0.25) is 0 Å². The maximum atomic E-state index is 13.0. The summed E-state index contributed by atoms with van der Waals surface area (Å²) in [6.45, 7) is 2.87. The molecule has 1 aliphatic heterocycles. The van der Waals surface area contributed by atoms with Crippen molar-refractivity contribution in [2.75, 3.05) is 25.0 Å². The van der Waals surface area contributed by atoms with Gasteiger partial charge in [-0.3, -0.25) is 4.79 Å². The van der Waals surface area contributed by atoms with Gasteiger partial charge in [0, 0.05) is 36.5 Å². The van der Waals surface area contributed by atoms with Crippen LogP contribution >= 0.6 is 0 Å². The molecule has 1 fully saturated rings. The van der Waals surface area contributed by atoms with Gasteiger partial charge in [-0.15, -0.1) is 0 Å². The van der Waals surface area contributed by atoms with Gasteiger partial charge in [-0.05, 0) is 31.0 Å². The van der Waals surface area contributed by atoms with Crippen molar-refractivity contribution in [3.8, 4) is 0 Å². The van der Waals surface area contributed by atoms with Crippen molar-refractivity contribution < 1.29 is 13.2 Å². The molecule has 128 valence electrons. The molecule has 7 heteroatoms.